The number of rotatable bonds is 71. The van der Waals surface area contributed by atoms with Crippen LogP contribution in [0.2, 0.25) is 0 Å². The van der Waals surface area contributed by atoms with E-state index in [0.717, 1.165) is 102 Å². The Kier molecular flexibility index (Phi) is 62.7. The number of phosphoric ester groups is 2. The minimum absolute atomic E-state index is 0.105. The van der Waals surface area contributed by atoms with E-state index in [1.54, 1.807) is 0 Å². The lowest BCUT2D eigenvalue weighted by atomic mass is 10.0. The number of carbonyl (C=O) groups excluding carboxylic acids is 4. The van der Waals surface area contributed by atoms with Gasteiger partial charge in [0, 0.05) is 25.7 Å². The lowest BCUT2D eigenvalue weighted by Crippen LogP contribution is -2.30. The van der Waals surface area contributed by atoms with Crippen LogP contribution in [0.5, 0.6) is 0 Å². The molecular formula is C72H140O17P2. The summed E-state index contributed by atoms with van der Waals surface area (Å²) in [5, 5.41) is 10.6. The van der Waals surface area contributed by atoms with Crippen LogP contribution in [0, 0.1) is 11.8 Å². The topological polar surface area (TPSA) is 237 Å². The third-order valence-electron chi connectivity index (χ3n) is 16.7. The van der Waals surface area contributed by atoms with Crippen molar-refractivity contribution in [2.24, 2.45) is 11.8 Å². The Morgan fingerprint density at radius 2 is 0.505 bits per heavy atom. The number of esters is 4. The van der Waals surface area contributed by atoms with E-state index in [-0.39, 0.29) is 25.7 Å². The fraction of sp³-hybridized carbons (Fsp3) is 0.944. The Hall–Kier alpha value is -1.94. The average Bonchev–Trinajstić information content (AvgIpc) is 3.49. The molecule has 0 radical (unpaired) electrons. The van der Waals surface area contributed by atoms with E-state index in [9.17, 15) is 43.2 Å². The molecule has 3 N–H and O–H groups in total. The molecule has 0 aromatic rings. The first kappa shape index (κ1) is 89.1. The van der Waals surface area contributed by atoms with Gasteiger partial charge in [0.05, 0.1) is 26.4 Å². The van der Waals surface area contributed by atoms with E-state index in [0.29, 0.717) is 25.7 Å². The van der Waals surface area contributed by atoms with Gasteiger partial charge in [0.1, 0.15) is 19.3 Å². The molecule has 5 atom stereocenters. The molecule has 0 aliphatic carbocycles. The Labute approximate surface area is 556 Å². The summed E-state index contributed by atoms with van der Waals surface area (Å²) in [6, 6.07) is 0. The maximum absolute atomic E-state index is 13.0. The van der Waals surface area contributed by atoms with Crippen molar-refractivity contribution in [1.29, 1.82) is 0 Å². The van der Waals surface area contributed by atoms with Crippen molar-refractivity contribution in [1.82, 2.24) is 0 Å². The number of aliphatic hydroxyl groups is 1. The number of unbranched alkanes of at least 4 members (excludes halogenated alkanes) is 41. The van der Waals surface area contributed by atoms with E-state index in [1.165, 1.54) is 186 Å². The van der Waals surface area contributed by atoms with Gasteiger partial charge < -0.3 is 33.8 Å². The molecule has 0 aromatic heterocycles. The van der Waals surface area contributed by atoms with Crippen LogP contribution in [-0.4, -0.2) is 96.7 Å². The molecule has 0 spiro atoms. The molecule has 0 bridgehead atoms. The van der Waals surface area contributed by atoms with E-state index >= 15 is 0 Å². The monoisotopic (exact) mass is 1340 g/mol. The second kappa shape index (κ2) is 64.1. The molecule has 0 fully saturated rings. The van der Waals surface area contributed by atoms with Crippen LogP contribution >= 0.6 is 15.6 Å². The van der Waals surface area contributed by atoms with Crippen molar-refractivity contribution < 1.29 is 80.2 Å². The average molecular weight is 1340 g/mol. The molecule has 91 heavy (non-hydrogen) atoms. The van der Waals surface area contributed by atoms with Crippen LogP contribution in [0.25, 0.3) is 0 Å². The van der Waals surface area contributed by atoms with Crippen LogP contribution < -0.4 is 0 Å². The van der Waals surface area contributed by atoms with Crippen LogP contribution in [0.4, 0.5) is 0 Å². The summed E-state index contributed by atoms with van der Waals surface area (Å²) in [6.45, 7) is 9.52. The largest absolute Gasteiger partial charge is 0.472 e. The third kappa shape index (κ3) is 66.5. The van der Waals surface area contributed by atoms with Crippen molar-refractivity contribution in [3.8, 4) is 0 Å². The fourth-order valence-corrected chi connectivity index (χ4v) is 12.5. The first-order valence-electron chi connectivity index (χ1n) is 37.5. The molecule has 540 valence electrons. The van der Waals surface area contributed by atoms with Gasteiger partial charge in [0.15, 0.2) is 12.2 Å². The first-order valence-corrected chi connectivity index (χ1v) is 40.5. The molecular weight excluding hydrogens is 1200 g/mol. The maximum Gasteiger partial charge on any atom is 0.472 e. The van der Waals surface area contributed by atoms with Gasteiger partial charge >= 0.3 is 39.5 Å². The quantitative estimate of drug-likeness (QED) is 0.0222. The van der Waals surface area contributed by atoms with Crippen molar-refractivity contribution in [3.63, 3.8) is 0 Å². The number of ether oxygens (including phenoxy) is 4. The van der Waals surface area contributed by atoms with Crippen LogP contribution in [-0.2, 0) is 65.4 Å². The van der Waals surface area contributed by atoms with Gasteiger partial charge in [-0.3, -0.25) is 37.3 Å². The molecule has 0 saturated carbocycles. The van der Waals surface area contributed by atoms with Crippen molar-refractivity contribution in [2.75, 3.05) is 39.6 Å². The molecule has 0 saturated heterocycles. The van der Waals surface area contributed by atoms with E-state index in [2.05, 4.69) is 41.5 Å². The van der Waals surface area contributed by atoms with E-state index in [4.69, 9.17) is 37.0 Å². The van der Waals surface area contributed by atoms with Gasteiger partial charge in [0.25, 0.3) is 0 Å². The van der Waals surface area contributed by atoms with Gasteiger partial charge in [-0.1, -0.05) is 318 Å². The van der Waals surface area contributed by atoms with Crippen LogP contribution in [0.3, 0.4) is 0 Å². The predicted molar refractivity (Wildman–Crippen MR) is 368 cm³/mol. The SMILES string of the molecule is CCCCCCCCCCCCCCCCCCCC(=O)O[C@H](COC(=O)CCCCCCCCCCCCC(C)C)COP(=O)(O)OC[C@@H](O)COP(=O)(O)OC[C@@H](COC(=O)CCCCCCCCCCC)OC(=O)CCCCCCCCCCCC(C)C. The number of hydrogen-bond donors (Lipinski definition) is 3. The molecule has 2 unspecified atom stereocenters. The number of aliphatic hydroxyl groups excluding tert-OH is 1. The third-order valence-corrected chi connectivity index (χ3v) is 18.6. The van der Waals surface area contributed by atoms with Crippen molar-refractivity contribution in [3.05, 3.63) is 0 Å². The highest BCUT2D eigenvalue weighted by molar-refractivity contribution is 7.47. The highest BCUT2D eigenvalue weighted by atomic mass is 31.2. The summed E-state index contributed by atoms with van der Waals surface area (Å²) < 4.78 is 68.3. The van der Waals surface area contributed by atoms with Gasteiger partial charge in [-0.05, 0) is 37.5 Å². The van der Waals surface area contributed by atoms with Crippen LogP contribution in [0.1, 0.15) is 369 Å². The Bertz CT molecular complexity index is 1770. The lowest BCUT2D eigenvalue weighted by Gasteiger charge is -2.21. The van der Waals surface area contributed by atoms with Gasteiger partial charge in [-0.25, -0.2) is 9.13 Å². The smallest absolute Gasteiger partial charge is 0.462 e. The fourth-order valence-electron chi connectivity index (χ4n) is 10.9. The lowest BCUT2D eigenvalue weighted by molar-refractivity contribution is -0.161. The standard InChI is InChI=1S/C72H140O17P2/c1-7-9-11-13-15-17-18-19-20-21-22-23-24-32-38-44-50-56-71(76)88-68(61-83-70(75)55-49-43-37-31-26-25-29-34-40-46-52-64(3)4)63-87-91(80,81)85-59-66(73)58-84-90(78,79)86-62-67(60-82-69(74)54-48-42-36-28-16-14-12-10-8-2)89-72(77)57-51-45-39-33-27-30-35-41-47-53-65(5)6/h64-68,73H,7-63H2,1-6H3,(H,78,79)(H,80,81)/t66-,67+,68+/m0/s1. The Balaban J connectivity index is 5.23. The summed E-state index contributed by atoms with van der Waals surface area (Å²) in [5.41, 5.74) is 0. The maximum atomic E-state index is 13.0. The molecule has 19 heteroatoms. The Morgan fingerprint density at radius 3 is 0.747 bits per heavy atom. The molecule has 17 nitrogen and oxygen atoms in total. The molecule has 0 rings (SSSR count). The van der Waals surface area contributed by atoms with Crippen LogP contribution in [0.15, 0.2) is 0 Å². The first-order chi connectivity index (χ1) is 43.9. The predicted octanol–water partition coefficient (Wildman–Crippen LogP) is 20.8. The summed E-state index contributed by atoms with van der Waals surface area (Å²) >= 11 is 0. The zero-order valence-corrected chi connectivity index (χ0v) is 60.9. The molecule has 0 aliphatic heterocycles. The molecule has 0 aliphatic rings. The minimum Gasteiger partial charge on any atom is -0.462 e. The van der Waals surface area contributed by atoms with Gasteiger partial charge in [-0.15, -0.1) is 0 Å². The highest BCUT2D eigenvalue weighted by Crippen LogP contribution is 2.45. The second-order valence-electron chi connectivity index (χ2n) is 26.9. The molecule has 0 amide bonds. The van der Waals surface area contributed by atoms with Crippen molar-refractivity contribution >= 4 is 39.5 Å². The minimum atomic E-state index is -4.95. The molecule has 0 aromatic carbocycles. The van der Waals surface area contributed by atoms with Gasteiger partial charge in [0.2, 0.25) is 0 Å². The van der Waals surface area contributed by atoms with E-state index < -0.39 is 97.5 Å². The molecule has 0 heterocycles. The van der Waals surface area contributed by atoms with E-state index in [1.807, 2.05) is 0 Å². The number of phosphoric acid groups is 2. The Morgan fingerprint density at radius 1 is 0.297 bits per heavy atom. The second-order valence-corrected chi connectivity index (χ2v) is 29.8. The van der Waals surface area contributed by atoms with Crippen molar-refractivity contribution in [2.45, 2.75) is 387 Å². The summed E-state index contributed by atoms with van der Waals surface area (Å²) in [5.74, 6) is -0.627. The summed E-state index contributed by atoms with van der Waals surface area (Å²) in [6.07, 6.45) is 49.9. The summed E-state index contributed by atoms with van der Waals surface area (Å²) in [7, 11) is -9.90. The summed E-state index contributed by atoms with van der Waals surface area (Å²) in [4.78, 5) is 72.6. The zero-order valence-electron chi connectivity index (χ0n) is 59.1. The number of carbonyl (C=O) groups is 4. The highest BCUT2D eigenvalue weighted by Gasteiger charge is 2.30. The number of hydrogen-bond acceptors (Lipinski definition) is 15. The normalized spacial score (nSPS) is 14.1. The van der Waals surface area contributed by atoms with Gasteiger partial charge in [-0.2, -0.15) is 0 Å². The zero-order chi connectivity index (χ0) is 67.2.